The lowest BCUT2D eigenvalue weighted by Crippen LogP contribution is -2.14. The van der Waals surface area contributed by atoms with E-state index in [9.17, 15) is 8.42 Å². The van der Waals surface area contributed by atoms with E-state index >= 15 is 0 Å². The highest BCUT2D eigenvalue weighted by molar-refractivity contribution is 8.00. The summed E-state index contributed by atoms with van der Waals surface area (Å²) in [6.45, 7) is 4.32. The van der Waals surface area contributed by atoms with Crippen molar-refractivity contribution in [3.63, 3.8) is 0 Å². The summed E-state index contributed by atoms with van der Waals surface area (Å²) in [5.74, 6) is 1.61. The molecule has 0 saturated heterocycles. The van der Waals surface area contributed by atoms with E-state index in [0.717, 1.165) is 69.2 Å². The van der Waals surface area contributed by atoms with E-state index in [0.29, 0.717) is 0 Å². The Labute approximate surface area is 206 Å². The number of hydrogen-bond acceptors (Lipinski definition) is 5. The number of primary sulfonamides is 1. The maximum absolute atomic E-state index is 11.7. The minimum Gasteiger partial charge on any atom is -0.490 e. The molecule has 3 aromatic carbocycles. The van der Waals surface area contributed by atoms with Crippen molar-refractivity contribution in [2.45, 2.75) is 49.0 Å². The second-order valence-corrected chi connectivity index (χ2v) is 11.0. The molecule has 0 radical (unpaired) electrons. The van der Waals surface area contributed by atoms with Crippen LogP contribution in [0.25, 0.3) is 11.1 Å². The molecule has 4 N–H and O–H groups in total. The van der Waals surface area contributed by atoms with Gasteiger partial charge >= 0.3 is 0 Å². The zero-order valence-corrected chi connectivity index (χ0v) is 21.1. The summed E-state index contributed by atoms with van der Waals surface area (Å²) in [4.78, 5) is 1.24. The average molecular weight is 495 g/mol. The molecule has 0 bridgehead atoms. The van der Waals surface area contributed by atoms with Gasteiger partial charge in [-0.25, -0.2) is 13.6 Å². The molecule has 1 aliphatic heterocycles. The first-order valence-electron chi connectivity index (χ1n) is 11.5. The first-order valence-corrected chi connectivity index (χ1v) is 14.0. The molecule has 178 valence electrons. The lowest BCUT2D eigenvalue weighted by Gasteiger charge is -2.25. The van der Waals surface area contributed by atoms with Crippen LogP contribution in [0.3, 0.4) is 0 Å². The van der Waals surface area contributed by atoms with Crippen LogP contribution in [0, 0.1) is 0 Å². The lowest BCUT2D eigenvalue weighted by molar-refractivity contribution is 0.186. The number of thioether (sulfide) groups is 1. The minimum atomic E-state index is -3.74. The highest BCUT2D eigenvalue weighted by atomic mass is 32.2. The van der Waals surface area contributed by atoms with Gasteiger partial charge in [-0.05, 0) is 77.1 Å². The topological polar surface area (TPSA) is 95.4 Å². The average Bonchev–Trinajstić information content (AvgIpc) is 2.83. The molecule has 0 aromatic heterocycles. The number of fused-ring (bicyclic) bond motifs is 1. The standard InChI is InChI=1S/C27H30N2O3S2/c1-3-5-21(4-2)32-22-11-6-19(7-12-22)27-24-15-10-20(28)16-26(24)33-17-25(27)18-8-13-23(14-9-18)34(29,30)31/h6-16,21H,3-5,17,28H2,1-2H3,(H2,29,30,31). The molecule has 34 heavy (non-hydrogen) atoms. The van der Waals surface area contributed by atoms with Crippen molar-refractivity contribution in [2.75, 3.05) is 11.5 Å². The van der Waals surface area contributed by atoms with Crippen LogP contribution in [0.4, 0.5) is 5.69 Å². The van der Waals surface area contributed by atoms with E-state index in [1.54, 1.807) is 23.9 Å². The van der Waals surface area contributed by atoms with E-state index in [1.165, 1.54) is 0 Å². The molecular weight excluding hydrogens is 464 g/mol. The molecule has 0 amide bonds. The first-order chi connectivity index (χ1) is 16.3. The second kappa shape index (κ2) is 10.3. The van der Waals surface area contributed by atoms with Gasteiger partial charge in [0.15, 0.2) is 0 Å². The summed E-state index contributed by atoms with van der Waals surface area (Å²) in [5, 5.41) is 5.29. The molecule has 4 rings (SSSR count). The highest BCUT2D eigenvalue weighted by Crippen LogP contribution is 2.45. The van der Waals surface area contributed by atoms with Crippen LogP contribution in [0.1, 0.15) is 49.8 Å². The maximum atomic E-state index is 11.7. The molecular formula is C27H30N2O3S2. The van der Waals surface area contributed by atoms with Crippen LogP contribution in [0.15, 0.2) is 76.5 Å². The number of nitrogens with two attached hydrogens (primary N) is 2. The number of nitrogen functional groups attached to an aromatic ring is 1. The largest absolute Gasteiger partial charge is 0.490 e. The SMILES string of the molecule is CCCC(CC)Oc1ccc(C2=C(c3ccc(S(N)(=O)=O)cc3)CSc3cc(N)ccc32)cc1. The third-order valence-electron chi connectivity index (χ3n) is 5.99. The molecule has 3 aromatic rings. The van der Waals surface area contributed by atoms with Crippen molar-refractivity contribution in [3.8, 4) is 5.75 Å². The Morgan fingerprint density at radius 2 is 1.65 bits per heavy atom. The zero-order chi connectivity index (χ0) is 24.3. The zero-order valence-electron chi connectivity index (χ0n) is 19.5. The summed E-state index contributed by atoms with van der Waals surface area (Å²) < 4.78 is 29.6. The molecule has 1 atom stereocenters. The quantitative estimate of drug-likeness (QED) is 0.378. The van der Waals surface area contributed by atoms with Gasteiger partial charge in [0.2, 0.25) is 10.0 Å². The minimum absolute atomic E-state index is 0.106. The van der Waals surface area contributed by atoms with Crippen LogP contribution in [-0.2, 0) is 10.0 Å². The molecule has 7 heteroatoms. The van der Waals surface area contributed by atoms with Crippen LogP contribution in [0.5, 0.6) is 5.75 Å². The molecule has 1 heterocycles. The Kier molecular flexibility index (Phi) is 7.36. The normalized spacial score (nSPS) is 14.6. The molecule has 5 nitrogen and oxygen atoms in total. The van der Waals surface area contributed by atoms with Crippen molar-refractivity contribution < 1.29 is 13.2 Å². The van der Waals surface area contributed by atoms with Crippen molar-refractivity contribution in [1.29, 1.82) is 0 Å². The molecule has 0 aliphatic carbocycles. The number of ether oxygens (including phenoxy) is 1. The van der Waals surface area contributed by atoms with E-state index < -0.39 is 10.0 Å². The third kappa shape index (κ3) is 5.32. The number of sulfonamides is 1. The van der Waals surface area contributed by atoms with E-state index in [2.05, 4.69) is 32.0 Å². The summed E-state index contributed by atoms with van der Waals surface area (Å²) in [5.41, 5.74) is 12.2. The van der Waals surface area contributed by atoms with Crippen molar-refractivity contribution in [1.82, 2.24) is 0 Å². The van der Waals surface area contributed by atoms with Crippen LogP contribution in [-0.4, -0.2) is 20.3 Å². The van der Waals surface area contributed by atoms with Crippen LogP contribution < -0.4 is 15.6 Å². The van der Waals surface area contributed by atoms with Crippen molar-refractivity contribution in [2.24, 2.45) is 5.14 Å². The molecule has 0 spiro atoms. The third-order valence-corrected chi connectivity index (χ3v) is 8.00. The van der Waals surface area contributed by atoms with Gasteiger partial charge < -0.3 is 10.5 Å². The fourth-order valence-electron chi connectivity index (χ4n) is 4.21. The van der Waals surface area contributed by atoms with Gasteiger partial charge in [0.25, 0.3) is 0 Å². The predicted octanol–water partition coefficient (Wildman–Crippen LogP) is 5.94. The Hall–Kier alpha value is -2.74. The smallest absolute Gasteiger partial charge is 0.238 e. The van der Waals surface area contributed by atoms with Gasteiger partial charge in [-0.1, -0.05) is 50.6 Å². The van der Waals surface area contributed by atoms with Gasteiger partial charge in [0.1, 0.15) is 5.75 Å². The first kappa shape index (κ1) is 24.4. The van der Waals surface area contributed by atoms with Gasteiger partial charge in [0.05, 0.1) is 11.0 Å². The van der Waals surface area contributed by atoms with E-state index in [1.807, 2.05) is 36.4 Å². The van der Waals surface area contributed by atoms with E-state index in [-0.39, 0.29) is 11.0 Å². The second-order valence-electron chi connectivity index (χ2n) is 8.43. The summed E-state index contributed by atoms with van der Waals surface area (Å²) in [7, 11) is -3.74. The number of anilines is 1. The van der Waals surface area contributed by atoms with Crippen molar-refractivity contribution in [3.05, 3.63) is 83.4 Å². The van der Waals surface area contributed by atoms with Crippen LogP contribution in [0.2, 0.25) is 0 Å². The lowest BCUT2D eigenvalue weighted by atomic mass is 9.89. The van der Waals surface area contributed by atoms with Gasteiger partial charge in [-0.3, -0.25) is 0 Å². The Bertz CT molecular complexity index is 1300. The molecule has 0 fully saturated rings. The number of rotatable bonds is 8. The Morgan fingerprint density at radius 3 is 2.26 bits per heavy atom. The molecule has 1 unspecified atom stereocenters. The van der Waals surface area contributed by atoms with Crippen LogP contribution >= 0.6 is 11.8 Å². The molecule has 0 saturated carbocycles. The fraction of sp³-hybridized carbons (Fsp3) is 0.259. The maximum Gasteiger partial charge on any atom is 0.238 e. The Balaban J connectivity index is 1.78. The van der Waals surface area contributed by atoms with Gasteiger partial charge in [-0.2, -0.15) is 0 Å². The van der Waals surface area contributed by atoms with E-state index in [4.69, 9.17) is 15.6 Å². The van der Waals surface area contributed by atoms with Gasteiger partial charge in [0, 0.05) is 16.3 Å². The summed E-state index contributed by atoms with van der Waals surface area (Å²) >= 11 is 1.73. The summed E-state index contributed by atoms with van der Waals surface area (Å²) in [6.07, 6.45) is 3.33. The fourth-order valence-corrected chi connectivity index (χ4v) is 5.89. The van der Waals surface area contributed by atoms with Crippen molar-refractivity contribution >= 4 is 38.6 Å². The number of benzene rings is 3. The Morgan fingerprint density at radius 1 is 0.971 bits per heavy atom. The predicted molar refractivity (Wildman–Crippen MR) is 141 cm³/mol. The molecule has 1 aliphatic rings. The highest BCUT2D eigenvalue weighted by Gasteiger charge is 2.23. The summed E-state index contributed by atoms with van der Waals surface area (Å²) in [6, 6.07) is 21.0. The van der Waals surface area contributed by atoms with Gasteiger partial charge in [-0.15, -0.1) is 11.8 Å². The monoisotopic (exact) mass is 494 g/mol. The number of hydrogen-bond donors (Lipinski definition) is 2.